The molecule has 0 unspecified atom stereocenters. The van der Waals surface area contributed by atoms with Gasteiger partial charge in [-0.15, -0.1) is 0 Å². The van der Waals surface area contributed by atoms with Crippen molar-refractivity contribution in [3.63, 3.8) is 0 Å². The van der Waals surface area contributed by atoms with E-state index in [4.69, 9.17) is 16.3 Å². The molecule has 7 nitrogen and oxygen atoms in total. The largest absolute Gasteiger partial charge is 0.497 e. The molecule has 0 bridgehead atoms. The second-order valence-corrected chi connectivity index (χ2v) is 7.97. The zero-order chi connectivity index (χ0) is 24.4. The number of ketones is 1. The average molecular weight is 480 g/mol. The van der Waals surface area contributed by atoms with Gasteiger partial charge in [-0.3, -0.25) is 14.4 Å². The topological polar surface area (TPSA) is 90.3 Å². The number of nitrogens with zero attached hydrogens (tertiary/aromatic N) is 2. The van der Waals surface area contributed by atoms with Crippen LogP contribution in [-0.2, 0) is 11.3 Å². The summed E-state index contributed by atoms with van der Waals surface area (Å²) in [6.45, 7) is 1.51. The van der Waals surface area contributed by atoms with E-state index in [0.29, 0.717) is 22.7 Å². The summed E-state index contributed by atoms with van der Waals surface area (Å²) < 4.78 is 20.0. The molecule has 0 aliphatic carbocycles. The number of aromatic nitrogens is 2. The molecule has 2 aromatic carbocycles. The van der Waals surface area contributed by atoms with Gasteiger partial charge in [-0.1, -0.05) is 11.6 Å². The fourth-order valence-electron chi connectivity index (χ4n) is 3.47. The van der Waals surface area contributed by atoms with E-state index in [1.54, 1.807) is 43.3 Å². The third-order valence-electron chi connectivity index (χ3n) is 5.17. The van der Waals surface area contributed by atoms with Crippen LogP contribution in [0, 0.1) is 12.7 Å². The van der Waals surface area contributed by atoms with Crippen LogP contribution >= 0.6 is 11.6 Å². The highest BCUT2D eigenvalue weighted by Gasteiger charge is 2.19. The van der Waals surface area contributed by atoms with E-state index in [1.807, 2.05) is 0 Å². The summed E-state index contributed by atoms with van der Waals surface area (Å²) in [4.78, 5) is 43.4. The zero-order valence-corrected chi connectivity index (χ0v) is 19.0. The fourth-order valence-corrected chi connectivity index (χ4v) is 3.65. The van der Waals surface area contributed by atoms with E-state index in [-0.39, 0.29) is 28.2 Å². The highest BCUT2D eigenvalue weighted by atomic mass is 35.5. The molecule has 9 heteroatoms. The second kappa shape index (κ2) is 9.44. The molecule has 0 atom stereocenters. The van der Waals surface area contributed by atoms with Gasteiger partial charge in [-0.2, -0.15) is 0 Å². The average Bonchev–Trinajstić information content (AvgIpc) is 2.82. The molecule has 4 aromatic rings. The van der Waals surface area contributed by atoms with E-state index in [1.165, 1.54) is 30.0 Å². The maximum Gasteiger partial charge on any atom is 0.244 e. The Kier molecular flexibility index (Phi) is 6.43. The van der Waals surface area contributed by atoms with E-state index in [2.05, 4.69) is 10.3 Å². The van der Waals surface area contributed by atoms with Gasteiger partial charge in [0.2, 0.25) is 11.3 Å². The molecule has 0 spiro atoms. The zero-order valence-electron chi connectivity index (χ0n) is 18.3. The molecule has 1 N–H and O–H groups in total. The van der Waals surface area contributed by atoms with Crippen molar-refractivity contribution in [1.82, 2.24) is 9.55 Å². The quantitative estimate of drug-likeness (QED) is 0.414. The SMILES string of the molecule is COc1ccc(C(=O)c2cn(CC(=O)Nc3ccc(F)c(Cl)c3)c3nc(C)ccc3c2=O)cc1. The van der Waals surface area contributed by atoms with Crippen molar-refractivity contribution in [2.24, 2.45) is 0 Å². The first-order chi connectivity index (χ1) is 16.3. The van der Waals surface area contributed by atoms with Gasteiger partial charge in [0.05, 0.1) is 23.1 Å². The van der Waals surface area contributed by atoms with Crippen molar-refractivity contribution in [1.29, 1.82) is 0 Å². The third kappa shape index (κ3) is 4.67. The van der Waals surface area contributed by atoms with Gasteiger partial charge in [-0.25, -0.2) is 9.37 Å². The minimum Gasteiger partial charge on any atom is -0.497 e. The van der Waals surface area contributed by atoms with Crippen molar-refractivity contribution in [2.75, 3.05) is 12.4 Å². The van der Waals surface area contributed by atoms with Crippen LogP contribution in [0.3, 0.4) is 0 Å². The minimum atomic E-state index is -0.604. The van der Waals surface area contributed by atoms with Crippen LogP contribution < -0.4 is 15.5 Å². The number of ether oxygens (including phenoxy) is 1. The van der Waals surface area contributed by atoms with E-state index >= 15 is 0 Å². The van der Waals surface area contributed by atoms with Crippen LogP contribution in [-0.4, -0.2) is 28.4 Å². The number of carbonyl (C=O) groups excluding carboxylic acids is 2. The Labute approximate surface area is 198 Å². The first kappa shape index (κ1) is 23.1. The van der Waals surface area contributed by atoms with Crippen LogP contribution in [0.25, 0.3) is 11.0 Å². The molecule has 4 rings (SSSR count). The van der Waals surface area contributed by atoms with Crippen LogP contribution in [0.2, 0.25) is 5.02 Å². The predicted molar refractivity (Wildman–Crippen MR) is 127 cm³/mol. The summed E-state index contributed by atoms with van der Waals surface area (Å²) in [5.41, 5.74) is 0.935. The highest BCUT2D eigenvalue weighted by Crippen LogP contribution is 2.20. The maximum absolute atomic E-state index is 13.4. The molecular weight excluding hydrogens is 461 g/mol. The summed E-state index contributed by atoms with van der Waals surface area (Å²) in [6.07, 6.45) is 1.33. The highest BCUT2D eigenvalue weighted by molar-refractivity contribution is 6.31. The Hall–Kier alpha value is -4.04. The van der Waals surface area contributed by atoms with Crippen LogP contribution in [0.1, 0.15) is 21.6 Å². The number of aryl methyl sites for hydroxylation is 1. The lowest BCUT2D eigenvalue weighted by molar-refractivity contribution is -0.116. The molecule has 2 aromatic heterocycles. The van der Waals surface area contributed by atoms with Gasteiger partial charge in [0.1, 0.15) is 23.8 Å². The number of anilines is 1. The molecule has 34 heavy (non-hydrogen) atoms. The molecular formula is C25H19ClFN3O4. The molecule has 0 saturated heterocycles. The summed E-state index contributed by atoms with van der Waals surface area (Å²) in [5.74, 6) is -0.995. The Bertz CT molecular complexity index is 1480. The standard InChI is InChI=1S/C25H19ClFN3O4/c1-14-3-9-18-24(33)19(23(32)15-4-7-17(34-2)8-5-15)12-30(25(18)28-14)13-22(31)29-16-6-10-21(27)20(26)11-16/h3-12H,13H2,1-2H3,(H,29,31). The van der Waals surface area contributed by atoms with E-state index in [0.717, 1.165) is 6.07 Å². The van der Waals surface area contributed by atoms with Crippen molar-refractivity contribution >= 4 is 40.0 Å². The van der Waals surface area contributed by atoms with Gasteiger partial charge >= 0.3 is 0 Å². The summed E-state index contributed by atoms with van der Waals surface area (Å²) in [5, 5.41) is 2.71. The maximum atomic E-state index is 13.4. The van der Waals surface area contributed by atoms with Gasteiger partial charge in [0.25, 0.3) is 0 Å². The Morgan fingerprint density at radius 1 is 1.12 bits per heavy atom. The lowest BCUT2D eigenvalue weighted by Gasteiger charge is -2.13. The lowest BCUT2D eigenvalue weighted by Crippen LogP contribution is -2.25. The van der Waals surface area contributed by atoms with Crippen LogP contribution in [0.15, 0.2) is 65.6 Å². The fraction of sp³-hybridized carbons (Fsp3) is 0.120. The molecule has 0 saturated carbocycles. The lowest BCUT2D eigenvalue weighted by atomic mass is 10.0. The van der Waals surface area contributed by atoms with Crippen molar-refractivity contribution in [3.8, 4) is 5.75 Å². The predicted octanol–water partition coefficient (Wildman–Crippen LogP) is 4.38. The summed E-state index contributed by atoms with van der Waals surface area (Å²) >= 11 is 5.78. The third-order valence-corrected chi connectivity index (χ3v) is 5.46. The number of pyridine rings is 2. The number of carbonyl (C=O) groups is 2. The Morgan fingerprint density at radius 3 is 2.53 bits per heavy atom. The number of methoxy groups -OCH3 is 1. The number of halogens is 2. The van der Waals surface area contributed by atoms with Gasteiger partial charge in [0.15, 0.2) is 5.78 Å². The van der Waals surface area contributed by atoms with E-state index in [9.17, 15) is 18.8 Å². The monoisotopic (exact) mass is 479 g/mol. The summed E-state index contributed by atoms with van der Waals surface area (Å²) in [6, 6.07) is 13.4. The number of rotatable bonds is 6. The molecule has 172 valence electrons. The van der Waals surface area contributed by atoms with Crippen LogP contribution in [0.4, 0.5) is 10.1 Å². The smallest absolute Gasteiger partial charge is 0.244 e. The molecule has 0 aliphatic rings. The second-order valence-electron chi connectivity index (χ2n) is 7.56. The van der Waals surface area contributed by atoms with Gasteiger partial charge in [0, 0.05) is 23.1 Å². The normalized spacial score (nSPS) is 10.8. The molecule has 0 fully saturated rings. The van der Waals surface area contributed by atoms with Crippen molar-refractivity contribution in [3.05, 3.63) is 98.7 Å². The number of amides is 1. The first-order valence-electron chi connectivity index (χ1n) is 10.2. The number of hydrogen-bond acceptors (Lipinski definition) is 5. The Balaban J connectivity index is 1.74. The van der Waals surface area contributed by atoms with Crippen molar-refractivity contribution in [2.45, 2.75) is 13.5 Å². The van der Waals surface area contributed by atoms with Gasteiger partial charge in [-0.05, 0) is 61.5 Å². The number of fused-ring (bicyclic) bond motifs is 1. The molecule has 0 radical (unpaired) electrons. The summed E-state index contributed by atoms with van der Waals surface area (Å²) in [7, 11) is 1.51. The van der Waals surface area contributed by atoms with Crippen LogP contribution in [0.5, 0.6) is 5.75 Å². The van der Waals surface area contributed by atoms with Gasteiger partial charge < -0.3 is 14.6 Å². The number of hydrogen-bond donors (Lipinski definition) is 1. The van der Waals surface area contributed by atoms with E-state index < -0.39 is 22.9 Å². The first-order valence-corrected chi connectivity index (χ1v) is 10.6. The molecule has 2 heterocycles. The molecule has 0 aliphatic heterocycles. The number of nitrogens with one attached hydrogen (secondary N) is 1. The minimum absolute atomic E-state index is 0.0963. The Morgan fingerprint density at radius 2 is 1.85 bits per heavy atom. The van der Waals surface area contributed by atoms with Crippen molar-refractivity contribution < 1.29 is 18.7 Å². The number of benzene rings is 2. The molecule has 1 amide bonds.